The number of nitrogens with one attached hydrogen (secondary N) is 1. The maximum absolute atomic E-state index is 10.8. The van der Waals surface area contributed by atoms with E-state index in [0.717, 1.165) is 18.5 Å². The molecule has 0 unspecified atom stereocenters. The topological polar surface area (TPSA) is 55.2 Å². The van der Waals surface area contributed by atoms with Crippen molar-refractivity contribution in [3.05, 3.63) is 60.8 Å². The molecule has 0 saturated carbocycles. The number of nitro benzene ring substituents is 1. The van der Waals surface area contributed by atoms with E-state index in [2.05, 4.69) is 24.4 Å². The van der Waals surface area contributed by atoms with E-state index in [-0.39, 0.29) is 10.7 Å². The van der Waals surface area contributed by atoms with Crippen LogP contribution in [0.15, 0.2) is 30.3 Å². The first-order valence-electron chi connectivity index (χ1n) is 6.31. The van der Waals surface area contributed by atoms with Crippen molar-refractivity contribution < 1.29 is 4.92 Å². The number of hydrogen-bond acceptors (Lipinski definition) is 4. The summed E-state index contributed by atoms with van der Waals surface area (Å²) in [4.78, 5) is 13.0. The van der Waals surface area contributed by atoms with Crippen molar-refractivity contribution in [2.45, 2.75) is 26.4 Å². The van der Waals surface area contributed by atoms with Crippen LogP contribution < -0.4 is 5.32 Å². The zero-order valence-corrected chi connectivity index (χ0v) is 12.6. The molecule has 4 nitrogen and oxygen atoms in total. The molecule has 0 aliphatic carbocycles. The third-order valence-corrected chi connectivity index (χ3v) is 4.45. The third-order valence-electron chi connectivity index (χ3n) is 2.90. The van der Waals surface area contributed by atoms with Crippen molar-refractivity contribution >= 4 is 28.6 Å². The molecular formula is C14H15ClN2O2S. The lowest BCUT2D eigenvalue weighted by atomic mass is 10.2. The van der Waals surface area contributed by atoms with Gasteiger partial charge in [-0.3, -0.25) is 10.1 Å². The lowest BCUT2D eigenvalue weighted by Crippen LogP contribution is -2.11. The fraction of sp³-hybridized carbons (Fsp3) is 0.286. The molecule has 2 rings (SSSR count). The van der Waals surface area contributed by atoms with E-state index in [1.165, 1.54) is 15.8 Å². The van der Waals surface area contributed by atoms with E-state index in [9.17, 15) is 10.1 Å². The minimum absolute atomic E-state index is 0.0460. The Labute approximate surface area is 126 Å². The summed E-state index contributed by atoms with van der Waals surface area (Å²) < 4.78 is 0. The lowest BCUT2D eigenvalue weighted by molar-refractivity contribution is -0.384. The first kappa shape index (κ1) is 15.0. The summed E-state index contributed by atoms with van der Waals surface area (Å²) in [6.45, 7) is 3.48. The second kappa shape index (κ2) is 6.83. The monoisotopic (exact) mass is 310 g/mol. The van der Waals surface area contributed by atoms with Crippen LogP contribution in [0.3, 0.4) is 0 Å². The first-order chi connectivity index (χ1) is 9.60. The smallest absolute Gasteiger partial charge is 0.288 e. The second-order valence-electron chi connectivity index (χ2n) is 4.37. The molecule has 1 N–H and O–H groups in total. The second-order valence-corrected chi connectivity index (χ2v) is 6.03. The molecule has 0 saturated heterocycles. The Morgan fingerprint density at radius 1 is 1.25 bits per heavy atom. The maximum Gasteiger partial charge on any atom is 0.288 e. The quantitative estimate of drug-likeness (QED) is 0.644. The van der Waals surface area contributed by atoms with E-state index in [1.54, 1.807) is 23.5 Å². The van der Waals surface area contributed by atoms with Gasteiger partial charge in [0.2, 0.25) is 0 Å². The molecule has 1 aromatic carbocycles. The summed E-state index contributed by atoms with van der Waals surface area (Å²) in [6, 6.07) is 9.13. The number of benzene rings is 1. The van der Waals surface area contributed by atoms with Gasteiger partial charge in [-0.15, -0.1) is 11.3 Å². The Morgan fingerprint density at radius 3 is 2.65 bits per heavy atom. The molecule has 20 heavy (non-hydrogen) atoms. The highest BCUT2D eigenvalue weighted by atomic mass is 35.5. The van der Waals surface area contributed by atoms with Crippen molar-refractivity contribution in [3.63, 3.8) is 0 Å². The number of nitrogens with zero attached hydrogens (tertiary/aromatic N) is 1. The summed E-state index contributed by atoms with van der Waals surface area (Å²) in [7, 11) is 0. The van der Waals surface area contributed by atoms with Gasteiger partial charge in [-0.1, -0.05) is 24.6 Å². The summed E-state index contributed by atoms with van der Waals surface area (Å²) in [5.74, 6) is 0. The molecule has 0 spiro atoms. The average molecular weight is 311 g/mol. The lowest BCUT2D eigenvalue weighted by Gasteiger charge is -2.04. The van der Waals surface area contributed by atoms with E-state index < -0.39 is 4.92 Å². The summed E-state index contributed by atoms with van der Waals surface area (Å²) in [5.41, 5.74) is 0.809. The molecule has 0 bridgehead atoms. The van der Waals surface area contributed by atoms with Crippen LogP contribution in [0.25, 0.3) is 0 Å². The highest BCUT2D eigenvalue weighted by molar-refractivity contribution is 7.11. The Kier molecular flexibility index (Phi) is 5.11. The van der Waals surface area contributed by atoms with Crippen LogP contribution in [0, 0.1) is 10.1 Å². The Morgan fingerprint density at radius 2 is 2.00 bits per heavy atom. The molecule has 6 heteroatoms. The van der Waals surface area contributed by atoms with Gasteiger partial charge in [0.1, 0.15) is 5.02 Å². The van der Waals surface area contributed by atoms with Gasteiger partial charge in [0.25, 0.3) is 5.69 Å². The minimum atomic E-state index is -0.460. The number of thiophene rings is 1. The maximum atomic E-state index is 10.8. The first-order valence-corrected chi connectivity index (χ1v) is 7.50. The number of nitro groups is 1. The van der Waals surface area contributed by atoms with Gasteiger partial charge >= 0.3 is 0 Å². The van der Waals surface area contributed by atoms with E-state index in [0.29, 0.717) is 6.54 Å². The van der Waals surface area contributed by atoms with Crippen LogP contribution in [-0.4, -0.2) is 4.92 Å². The van der Waals surface area contributed by atoms with Gasteiger partial charge in [0.05, 0.1) is 4.92 Å². The standard InChI is InChI=1S/C14H15ClN2O2S/c1-2-11-4-5-12(20-11)9-16-8-10-3-6-13(15)14(7-10)17(18)19/h3-7,16H,2,8-9H2,1H3. The molecule has 1 aromatic heterocycles. The van der Waals surface area contributed by atoms with E-state index >= 15 is 0 Å². The molecule has 106 valence electrons. The van der Waals surface area contributed by atoms with Crippen molar-refractivity contribution in [1.29, 1.82) is 0 Å². The fourth-order valence-corrected chi connectivity index (χ4v) is 2.96. The van der Waals surface area contributed by atoms with Gasteiger partial charge < -0.3 is 5.32 Å². The Bertz CT molecular complexity index is 613. The predicted molar refractivity (Wildman–Crippen MR) is 82.3 cm³/mol. The molecule has 0 aliphatic rings. The Hall–Kier alpha value is -1.43. The highest BCUT2D eigenvalue weighted by Crippen LogP contribution is 2.25. The van der Waals surface area contributed by atoms with Crippen LogP contribution >= 0.6 is 22.9 Å². The normalized spacial score (nSPS) is 10.7. The molecule has 0 fully saturated rings. The molecule has 0 radical (unpaired) electrons. The van der Waals surface area contributed by atoms with Crippen LogP contribution in [-0.2, 0) is 19.5 Å². The molecule has 2 aromatic rings. The summed E-state index contributed by atoms with van der Waals surface area (Å²) >= 11 is 7.57. The highest BCUT2D eigenvalue weighted by Gasteiger charge is 2.12. The van der Waals surface area contributed by atoms with Crippen LogP contribution in [0.4, 0.5) is 5.69 Å². The number of aryl methyl sites for hydroxylation is 1. The van der Waals surface area contributed by atoms with Crippen LogP contribution in [0.1, 0.15) is 22.2 Å². The van der Waals surface area contributed by atoms with Crippen molar-refractivity contribution in [3.8, 4) is 0 Å². The van der Waals surface area contributed by atoms with E-state index in [4.69, 9.17) is 11.6 Å². The molecule has 0 aliphatic heterocycles. The van der Waals surface area contributed by atoms with Crippen LogP contribution in [0.5, 0.6) is 0 Å². The molecular weight excluding hydrogens is 296 g/mol. The Balaban J connectivity index is 1.94. The van der Waals surface area contributed by atoms with Crippen molar-refractivity contribution in [2.75, 3.05) is 0 Å². The number of rotatable bonds is 6. The predicted octanol–water partition coefficient (Wildman–Crippen LogP) is 4.16. The van der Waals surface area contributed by atoms with Gasteiger partial charge in [0.15, 0.2) is 0 Å². The van der Waals surface area contributed by atoms with Crippen molar-refractivity contribution in [1.82, 2.24) is 5.32 Å². The average Bonchev–Trinajstić information content (AvgIpc) is 2.88. The third kappa shape index (κ3) is 3.79. The number of halogens is 1. The fourth-order valence-electron chi connectivity index (χ4n) is 1.85. The van der Waals surface area contributed by atoms with Crippen LogP contribution in [0.2, 0.25) is 5.02 Å². The minimum Gasteiger partial charge on any atom is -0.308 e. The summed E-state index contributed by atoms with van der Waals surface area (Å²) in [6.07, 6.45) is 1.05. The van der Waals surface area contributed by atoms with Gasteiger partial charge in [-0.2, -0.15) is 0 Å². The summed E-state index contributed by atoms with van der Waals surface area (Å²) in [5, 5.41) is 14.3. The SMILES string of the molecule is CCc1ccc(CNCc2ccc(Cl)c([N+](=O)[O-])c2)s1. The largest absolute Gasteiger partial charge is 0.308 e. The number of hydrogen-bond donors (Lipinski definition) is 1. The van der Waals surface area contributed by atoms with Crippen molar-refractivity contribution in [2.24, 2.45) is 0 Å². The zero-order valence-electron chi connectivity index (χ0n) is 11.1. The van der Waals surface area contributed by atoms with E-state index in [1.807, 2.05) is 0 Å². The van der Waals surface area contributed by atoms with Gasteiger partial charge in [0, 0.05) is 28.9 Å². The molecule has 0 amide bonds. The zero-order chi connectivity index (χ0) is 14.5. The van der Waals surface area contributed by atoms with Gasteiger partial charge in [-0.25, -0.2) is 0 Å². The molecule has 1 heterocycles. The molecule has 0 atom stereocenters. The van der Waals surface area contributed by atoms with Gasteiger partial charge in [-0.05, 0) is 30.2 Å².